The standard InChI is InChI=1S/C10H10O4/c1-7(11)14-9-5-3-4-8(6-9)10(12)13-2/h3-6H,1-2H3. The summed E-state index contributed by atoms with van der Waals surface area (Å²) in [7, 11) is 1.29. The third-order valence-corrected chi connectivity index (χ3v) is 1.52. The lowest BCUT2D eigenvalue weighted by molar-refractivity contribution is -0.131. The first-order valence-corrected chi connectivity index (χ1v) is 4.00. The fraction of sp³-hybridized carbons (Fsp3) is 0.200. The summed E-state index contributed by atoms with van der Waals surface area (Å²) in [6, 6.07) is 6.24. The number of carbonyl (C=O) groups excluding carboxylic acids is 2. The summed E-state index contributed by atoms with van der Waals surface area (Å²) in [5.74, 6) is -0.550. The van der Waals surface area contributed by atoms with Gasteiger partial charge < -0.3 is 9.47 Å². The first-order chi connectivity index (χ1) is 6.63. The lowest BCUT2D eigenvalue weighted by Crippen LogP contribution is -2.04. The van der Waals surface area contributed by atoms with Gasteiger partial charge in [0.15, 0.2) is 0 Å². The van der Waals surface area contributed by atoms with Crippen molar-refractivity contribution in [2.24, 2.45) is 0 Å². The van der Waals surface area contributed by atoms with Crippen molar-refractivity contribution in [1.82, 2.24) is 0 Å². The number of esters is 2. The molecule has 0 spiro atoms. The molecule has 0 aliphatic rings. The van der Waals surface area contributed by atoms with Crippen molar-refractivity contribution in [3.8, 4) is 5.75 Å². The number of ether oxygens (including phenoxy) is 2. The van der Waals surface area contributed by atoms with Crippen LogP contribution in [0.2, 0.25) is 0 Å². The van der Waals surface area contributed by atoms with E-state index in [0.717, 1.165) is 0 Å². The maximum Gasteiger partial charge on any atom is 0.337 e. The summed E-state index contributed by atoms with van der Waals surface area (Å²) in [5.41, 5.74) is 0.353. The molecule has 4 heteroatoms. The van der Waals surface area contributed by atoms with E-state index < -0.39 is 11.9 Å². The fourth-order valence-corrected chi connectivity index (χ4v) is 0.970. The Kier molecular flexibility index (Phi) is 3.23. The van der Waals surface area contributed by atoms with E-state index >= 15 is 0 Å². The van der Waals surface area contributed by atoms with E-state index in [1.54, 1.807) is 18.2 Å². The molecule has 0 unspecified atom stereocenters. The smallest absolute Gasteiger partial charge is 0.337 e. The highest BCUT2D eigenvalue weighted by atomic mass is 16.5. The van der Waals surface area contributed by atoms with Crippen molar-refractivity contribution >= 4 is 11.9 Å². The molecule has 0 saturated carbocycles. The summed E-state index contributed by atoms with van der Waals surface area (Å²) < 4.78 is 9.32. The van der Waals surface area contributed by atoms with Gasteiger partial charge >= 0.3 is 11.9 Å². The molecule has 0 bridgehead atoms. The maximum absolute atomic E-state index is 11.1. The van der Waals surface area contributed by atoms with Gasteiger partial charge in [0.1, 0.15) is 5.75 Å². The fourth-order valence-electron chi connectivity index (χ4n) is 0.970. The minimum Gasteiger partial charge on any atom is -0.465 e. The highest BCUT2D eigenvalue weighted by Crippen LogP contribution is 2.13. The van der Waals surface area contributed by atoms with Gasteiger partial charge in [0, 0.05) is 6.92 Å². The van der Waals surface area contributed by atoms with E-state index in [1.807, 2.05) is 0 Å². The SMILES string of the molecule is COC(=O)c1cccc(OC(C)=O)c1. The van der Waals surface area contributed by atoms with Gasteiger partial charge in [-0.1, -0.05) is 6.07 Å². The summed E-state index contributed by atoms with van der Waals surface area (Å²) in [6.07, 6.45) is 0. The van der Waals surface area contributed by atoms with Crippen LogP contribution in [-0.2, 0) is 9.53 Å². The molecule has 74 valence electrons. The van der Waals surface area contributed by atoms with Crippen LogP contribution < -0.4 is 4.74 Å². The van der Waals surface area contributed by atoms with Gasteiger partial charge in [-0.15, -0.1) is 0 Å². The molecule has 0 fully saturated rings. The molecule has 0 saturated heterocycles. The number of hydrogen-bond donors (Lipinski definition) is 0. The molecule has 0 radical (unpaired) electrons. The zero-order valence-corrected chi connectivity index (χ0v) is 7.94. The van der Waals surface area contributed by atoms with E-state index in [1.165, 1.54) is 20.1 Å². The van der Waals surface area contributed by atoms with Crippen molar-refractivity contribution < 1.29 is 19.1 Å². The van der Waals surface area contributed by atoms with Crippen molar-refractivity contribution in [1.29, 1.82) is 0 Å². The van der Waals surface area contributed by atoms with E-state index in [9.17, 15) is 9.59 Å². The summed E-state index contributed by atoms with van der Waals surface area (Å²) in [6.45, 7) is 1.30. The lowest BCUT2D eigenvalue weighted by atomic mass is 10.2. The topological polar surface area (TPSA) is 52.6 Å². The Morgan fingerprint density at radius 3 is 2.57 bits per heavy atom. The number of methoxy groups -OCH3 is 1. The third kappa shape index (κ3) is 2.58. The number of rotatable bonds is 2. The van der Waals surface area contributed by atoms with E-state index in [2.05, 4.69) is 4.74 Å². The molecule has 0 amide bonds. The monoisotopic (exact) mass is 194 g/mol. The average Bonchev–Trinajstić information content (AvgIpc) is 2.16. The van der Waals surface area contributed by atoms with Crippen LogP contribution in [0.3, 0.4) is 0 Å². The Morgan fingerprint density at radius 1 is 1.29 bits per heavy atom. The molecular weight excluding hydrogens is 184 g/mol. The van der Waals surface area contributed by atoms with Gasteiger partial charge in [-0.2, -0.15) is 0 Å². The Balaban J connectivity index is 2.89. The van der Waals surface area contributed by atoms with Crippen molar-refractivity contribution in [2.75, 3.05) is 7.11 Å². The predicted octanol–water partition coefficient (Wildman–Crippen LogP) is 1.40. The van der Waals surface area contributed by atoms with Crippen molar-refractivity contribution in [2.45, 2.75) is 6.92 Å². The predicted molar refractivity (Wildman–Crippen MR) is 49.1 cm³/mol. The van der Waals surface area contributed by atoms with Crippen molar-refractivity contribution in [3.63, 3.8) is 0 Å². The Bertz CT molecular complexity index is 357. The van der Waals surface area contributed by atoms with E-state index in [-0.39, 0.29) is 0 Å². The summed E-state index contributed by atoms with van der Waals surface area (Å²) in [5, 5.41) is 0. The van der Waals surface area contributed by atoms with Crippen LogP contribution in [0.15, 0.2) is 24.3 Å². The molecule has 0 aliphatic heterocycles. The molecule has 0 atom stereocenters. The largest absolute Gasteiger partial charge is 0.465 e. The third-order valence-electron chi connectivity index (χ3n) is 1.52. The van der Waals surface area contributed by atoms with E-state index in [0.29, 0.717) is 11.3 Å². The highest BCUT2D eigenvalue weighted by molar-refractivity contribution is 5.89. The van der Waals surface area contributed by atoms with Crippen LogP contribution in [0.1, 0.15) is 17.3 Å². The van der Waals surface area contributed by atoms with Gasteiger partial charge in [-0.25, -0.2) is 4.79 Å². The quantitative estimate of drug-likeness (QED) is 0.527. The molecule has 0 heterocycles. The molecule has 1 rings (SSSR count). The Labute approximate surface area is 81.4 Å². The van der Waals surface area contributed by atoms with Gasteiger partial charge in [-0.3, -0.25) is 4.79 Å². The molecular formula is C10H10O4. The number of carbonyl (C=O) groups is 2. The highest BCUT2D eigenvalue weighted by Gasteiger charge is 2.06. The van der Waals surface area contributed by atoms with E-state index in [4.69, 9.17) is 4.74 Å². The van der Waals surface area contributed by atoms with Crippen LogP contribution in [0.4, 0.5) is 0 Å². The normalized spacial score (nSPS) is 9.29. The first kappa shape index (κ1) is 10.2. The van der Waals surface area contributed by atoms with Crippen molar-refractivity contribution in [3.05, 3.63) is 29.8 Å². The number of hydrogen-bond acceptors (Lipinski definition) is 4. The van der Waals surface area contributed by atoms with Gasteiger partial charge in [0.05, 0.1) is 12.7 Å². The van der Waals surface area contributed by atoms with Crippen LogP contribution in [0.25, 0.3) is 0 Å². The van der Waals surface area contributed by atoms with Crippen LogP contribution in [0.5, 0.6) is 5.75 Å². The Morgan fingerprint density at radius 2 is 2.00 bits per heavy atom. The number of benzene rings is 1. The van der Waals surface area contributed by atoms with Crippen LogP contribution >= 0.6 is 0 Å². The van der Waals surface area contributed by atoms with Gasteiger partial charge in [0.25, 0.3) is 0 Å². The molecule has 0 aliphatic carbocycles. The average molecular weight is 194 g/mol. The summed E-state index contributed by atoms with van der Waals surface area (Å²) in [4.78, 5) is 21.7. The van der Waals surface area contributed by atoms with Gasteiger partial charge in [-0.05, 0) is 18.2 Å². The Hall–Kier alpha value is -1.84. The maximum atomic E-state index is 11.1. The van der Waals surface area contributed by atoms with Crippen LogP contribution in [0, 0.1) is 0 Å². The lowest BCUT2D eigenvalue weighted by Gasteiger charge is -2.02. The molecule has 1 aromatic carbocycles. The second kappa shape index (κ2) is 4.41. The van der Waals surface area contributed by atoms with Crippen LogP contribution in [-0.4, -0.2) is 19.0 Å². The molecule has 1 aromatic rings. The van der Waals surface area contributed by atoms with Gasteiger partial charge in [0.2, 0.25) is 0 Å². The minimum atomic E-state index is -0.459. The molecule has 14 heavy (non-hydrogen) atoms. The zero-order chi connectivity index (χ0) is 10.6. The second-order valence-corrected chi connectivity index (χ2v) is 2.61. The zero-order valence-electron chi connectivity index (χ0n) is 7.94. The summed E-state index contributed by atoms with van der Waals surface area (Å²) >= 11 is 0. The molecule has 0 N–H and O–H groups in total. The minimum absolute atomic E-state index is 0.334. The molecule has 0 aromatic heterocycles. The first-order valence-electron chi connectivity index (χ1n) is 4.00. The molecule has 4 nitrogen and oxygen atoms in total. The second-order valence-electron chi connectivity index (χ2n) is 2.61.